The molecular formula is C28H25FN4O4. The van der Waals surface area contributed by atoms with Gasteiger partial charge in [-0.3, -0.25) is 15.0 Å². The van der Waals surface area contributed by atoms with Gasteiger partial charge in [0.2, 0.25) is 5.82 Å². The van der Waals surface area contributed by atoms with Crippen LogP contribution in [0, 0.1) is 5.82 Å². The number of halogens is 1. The Balaban J connectivity index is 1.15. The molecule has 3 aromatic carbocycles. The fourth-order valence-electron chi connectivity index (χ4n) is 4.26. The van der Waals surface area contributed by atoms with Gasteiger partial charge in [0, 0.05) is 30.8 Å². The number of benzene rings is 3. The van der Waals surface area contributed by atoms with Crippen molar-refractivity contribution in [1.82, 2.24) is 20.4 Å². The van der Waals surface area contributed by atoms with Crippen molar-refractivity contribution in [3.05, 3.63) is 95.8 Å². The van der Waals surface area contributed by atoms with Gasteiger partial charge in [0.25, 0.3) is 11.8 Å². The van der Waals surface area contributed by atoms with Crippen LogP contribution in [0.2, 0.25) is 0 Å². The molecule has 9 heteroatoms. The molecule has 1 aliphatic rings. The van der Waals surface area contributed by atoms with E-state index in [1.54, 1.807) is 30.3 Å². The fraction of sp³-hybridized carbons (Fsp3) is 0.214. The molecule has 4 aromatic rings. The zero-order valence-corrected chi connectivity index (χ0v) is 20.0. The predicted octanol–water partition coefficient (Wildman–Crippen LogP) is 5.07. The van der Waals surface area contributed by atoms with Gasteiger partial charge in [0.05, 0.1) is 5.56 Å². The second-order valence-corrected chi connectivity index (χ2v) is 8.80. The molecule has 0 unspecified atom stereocenters. The fourth-order valence-corrected chi connectivity index (χ4v) is 4.26. The molecule has 0 bridgehead atoms. The summed E-state index contributed by atoms with van der Waals surface area (Å²) in [6.45, 7) is 2.47. The van der Waals surface area contributed by atoms with Gasteiger partial charge in [0.15, 0.2) is 0 Å². The highest BCUT2D eigenvalue weighted by molar-refractivity contribution is 6.03. The van der Waals surface area contributed by atoms with E-state index in [2.05, 4.69) is 32.5 Å². The van der Waals surface area contributed by atoms with E-state index in [1.807, 2.05) is 18.2 Å². The van der Waals surface area contributed by atoms with Gasteiger partial charge in [-0.25, -0.2) is 9.18 Å². The number of aromatic nitrogens is 2. The molecule has 1 saturated heterocycles. The summed E-state index contributed by atoms with van der Waals surface area (Å²) in [5.74, 6) is -0.864. The summed E-state index contributed by atoms with van der Waals surface area (Å²) in [5, 5.41) is 6.18. The third-order valence-electron chi connectivity index (χ3n) is 6.19. The van der Waals surface area contributed by atoms with Gasteiger partial charge in [-0.05, 0) is 42.7 Å². The molecule has 1 aromatic heterocycles. The zero-order chi connectivity index (χ0) is 25.6. The summed E-state index contributed by atoms with van der Waals surface area (Å²) < 4.78 is 24.7. The highest BCUT2D eigenvalue weighted by Gasteiger charge is 2.23. The minimum atomic E-state index is -0.779. The van der Waals surface area contributed by atoms with E-state index in [9.17, 15) is 14.0 Å². The summed E-state index contributed by atoms with van der Waals surface area (Å²) >= 11 is 0. The molecule has 1 aliphatic heterocycles. The van der Waals surface area contributed by atoms with Crippen LogP contribution in [0.15, 0.2) is 83.4 Å². The first kappa shape index (κ1) is 24.3. The number of nitrogens with one attached hydrogen (secondary N) is 1. The van der Waals surface area contributed by atoms with Crippen molar-refractivity contribution >= 4 is 12.0 Å². The van der Waals surface area contributed by atoms with Gasteiger partial charge in [-0.1, -0.05) is 59.8 Å². The maximum atomic E-state index is 14.0. The Morgan fingerprint density at radius 1 is 1.00 bits per heavy atom. The van der Waals surface area contributed by atoms with Crippen molar-refractivity contribution in [3.63, 3.8) is 0 Å². The number of imide groups is 1. The molecule has 0 atom stereocenters. The Labute approximate surface area is 213 Å². The Morgan fingerprint density at radius 3 is 2.54 bits per heavy atom. The quantitative estimate of drug-likeness (QED) is 0.395. The molecule has 1 fully saturated rings. The van der Waals surface area contributed by atoms with E-state index in [0.717, 1.165) is 19.6 Å². The Kier molecular flexibility index (Phi) is 7.32. The molecule has 37 heavy (non-hydrogen) atoms. The molecular weight excluding hydrogens is 475 g/mol. The van der Waals surface area contributed by atoms with Crippen LogP contribution < -0.4 is 5.32 Å². The number of ether oxygens (including phenoxy) is 1. The molecule has 8 nitrogen and oxygen atoms in total. The van der Waals surface area contributed by atoms with Crippen molar-refractivity contribution in [2.24, 2.45) is 0 Å². The lowest BCUT2D eigenvalue weighted by Crippen LogP contribution is -2.40. The molecule has 0 saturated carbocycles. The van der Waals surface area contributed by atoms with E-state index in [0.29, 0.717) is 18.4 Å². The third-order valence-corrected chi connectivity index (χ3v) is 6.19. The van der Waals surface area contributed by atoms with E-state index in [4.69, 9.17) is 9.26 Å². The van der Waals surface area contributed by atoms with Crippen molar-refractivity contribution in [2.75, 3.05) is 13.1 Å². The lowest BCUT2D eigenvalue weighted by Gasteiger charge is -2.31. The van der Waals surface area contributed by atoms with E-state index < -0.39 is 17.8 Å². The van der Waals surface area contributed by atoms with E-state index >= 15 is 0 Å². The molecule has 0 spiro atoms. The number of alkyl carbamates (subject to hydrolysis) is 1. The molecule has 5 rings (SSSR count). The minimum absolute atomic E-state index is 0.0290. The van der Waals surface area contributed by atoms with Gasteiger partial charge in [-0.15, -0.1) is 0 Å². The number of hydrogen-bond acceptors (Lipinski definition) is 7. The molecule has 2 heterocycles. The van der Waals surface area contributed by atoms with Gasteiger partial charge in [-0.2, -0.15) is 4.98 Å². The second kappa shape index (κ2) is 11.1. The van der Waals surface area contributed by atoms with Crippen LogP contribution in [-0.2, 0) is 11.3 Å². The number of nitrogens with zero attached hydrogens (tertiary/aromatic N) is 3. The molecule has 1 N–H and O–H groups in total. The SMILES string of the molecule is O=C(NC(=O)c1cccc(-c2noc(-c3ccccc3F)n2)c1)OC1CCN(Cc2ccccc2)CC1. The number of likely N-dealkylation sites (tertiary alicyclic amines) is 1. The number of rotatable bonds is 6. The Hall–Kier alpha value is -4.37. The van der Waals surface area contributed by atoms with Gasteiger partial charge >= 0.3 is 6.09 Å². The smallest absolute Gasteiger partial charge is 0.414 e. The average molecular weight is 501 g/mol. The largest absolute Gasteiger partial charge is 0.446 e. The number of piperidine rings is 1. The Morgan fingerprint density at radius 2 is 1.76 bits per heavy atom. The monoisotopic (exact) mass is 500 g/mol. The summed E-state index contributed by atoms with van der Waals surface area (Å²) in [6.07, 6.45) is 0.374. The molecule has 188 valence electrons. The van der Waals surface area contributed by atoms with E-state index in [1.165, 1.54) is 23.8 Å². The lowest BCUT2D eigenvalue weighted by molar-refractivity contribution is 0.0475. The van der Waals surface area contributed by atoms with Crippen molar-refractivity contribution < 1.29 is 23.2 Å². The number of carbonyl (C=O) groups is 2. The summed E-state index contributed by atoms with van der Waals surface area (Å²) in [5.41, 5.74) is 2.14. The van der Waals surface area contributed by atoms with Crippen molar-refractivity contribution in [1.29, 1.82) is 0 Å². The number of hydrogen-bond donors (Lipinski definition) is 1. The highest BCUT2D eigenvalue weighted by Crippen LogP contribution is 2.25. The maximum Gasteiger partial charge on any atom is 0.414 e. The van der Waals surface area contributed by atoms with Crippen LogP contribution in [0.4, 0.5) is 9.18 Å². The van der Waals surface area contributed by atoms with Crippen molar-refractivity contribution in [3.8, 4) is 22.8 Å². The minimum Gasteiger partial charge on any atom is -0.446 e. The van der Waals surface area contributed by atoms with Crippen LogP contribution in [-0.4, -0.2) is 46.2 Å². The summed E-state index contributed by atoms with van der Waals surface area (Å²) in [6, 6.07) is 22.7. The maximum absolute atomic E-state index is 14.0. The van der Waals surface area contributed by atoms with Crippen LogP contribution in [0.3, 0.4) is 0 Å². The van der Waals surface area contributed by atoms with Crippen LogP contribution >= 0.6 is 0 Å². The first-order valence-corrected chi connectivity index (χ1v) is 12.0. The standard InChI is InChI=1S/C28H25FN4O4/c29-24-12-5-4-11-23(24)27-30-25(32-37-27)20-9-6-10-21(17-20)26(34)31-28(35)36-22-13-15-33(16-14-22)18-19-7-2-1-3-8-19/h1-12,17,22H,13-16,18H2,(H,31,34,35). The van der Waals surface area contributed by atoms with E-state index in [-0.39, 0.29) is 28.9 Å². The predicted molar refractivity (Wildman–Crippen MR) is 134 cm³/mol. The number of amides is 2. The first-order valence-electron chi connectivity index (χ1n) is 12.0. The van der Waals surface area contributed by atoms with Crippen LogP contribution in [0.1, 0.15) is 28.8 Å². The molecule has 0 radical (unpaired) electrons. The third kappa shape index (κ3) is 6.07. The van der Waals surface area contributed by atoms with Crippen LogP contribution in [0.5, 0.6) is 0 Å². The van der Waals surface area contributed by atoms with Gasteiger partial charge < -0.3 is 9.26 Å². The molecule has 0 aliphatic carbocycles. The Bertz CT molecular complexity index is 1380. The number of carbonyl (C=O) groups excluding carboxylic acids is 2. The normalized spacial score (nSPS) is 14.3. The lowest BCUT2D eigenvalue weighted by atomic mass is 10.1. The molecule has 2 amide bonds. The van der Waals surface area contributed by atoms with Crippen LogP contribution in [0.25, 0.3) is 22.8 Å². The average Bonchev–Trinajstić information content (AvgIpc) is 3.41. The topological polar surface area (TPSA) is 97.6 Å². The zero-order valence-electron chi connectivity index (χ0n) is 20.0. The van der Waals surface area contributed by atoms with Crippen molar-refractivity contribution in [2.45, 2.75) is 25.5 Å². The first-order chi connectivity index (χ1) is 18.0. The van der Waals surface area contributed by atoms with Gasteiger partial charge in [0.1, 0.15) is 11.9 Å². The summed E-state index contributed by atoms with van der Waals surface area (Å²) in [4.78, 5) is 31.6. The summed E-state index contributed by atoms with van der Waals surface area (Å²) in [7, 11) is 0. The second-order valence-electron chi connectivity index (χ2n) is 8.80. The highest BCUT2D eigenvalue weighted by atomic mass is 19.1.